The van der Waals surface area contributed by atoms with Crippen LogP contribution in [0.2, 0.25) is 0 Å². The topological polar surface area (TPSA) is 58.4 Å². The minimum absolute atomic E-state index is 0.176. The minimum atomic E-state index is -0.480. The van der Waals surface area contributed by atoms with E-state index in [-0.39, 0.29) is 11.8 Å². The van der Waals surface area contributed by atoms with Crippen LogP contribution in [0, 0.1) is 17.8 Å². The molecule has 25 heavy (non-hydrogen) atoms. The highest BCUT2D eigenvalue weighted by atomic mass is 16.2. The van der Waals surface area contributed by atoms with Gasteiger partial charge >= 0.3 is 0 Å². The summed E-state index contributed by atoms with van der Waals surface area (Å²) in [5.41, 5.74) is 1.90. The fourth-order valence-electron chi connectivity index (χ4n) is 4.78. The Bertz CT molecular complexity index is 821. The first-order valence-corrected chi connectivity index (χ1v) is 9.55. The number of rotatable bonds is 4. The summed E-state index contributed by atoms with van der Waals surface area (Å²) in [5, 5.41) is 6.73. The summed E-state index contributed by atoms with van der Waals surface area (Å²) in [6.07, 6.45) is 5.72. The number of amides is 1. The maximum absolute atomic E-state index is 12.9. The number of hydrogen-bond donors (Lipinski definition) is 2. The van der Waals surface area contributed by atoms with Crippen LogP contribution in [-0.4, -0.2) is 28.4 Å². The van der Waals surface area contributed by atoms with Crippen LogP contribution >= 0.6 is 0 Å². The molecule has 1 amide bonds. The van der Waals surface area contributed by atoms with Gasteiger partial charge in [0, 0.05) is 18.0 Å². The Morgan fingerprint density at radius 1 is 1.28 bits per heavy atom. The molecule has 3 atom stereocenters. The van der Waals surface area contributed by atoms with Gasteiger partial charge in [-0.2, -0.15) is 0 Å². The van der Waals surface area contributed by atoms with Crippen LogP contribution in [0.4, 0.5) is 0 Å². The van der Waals surface area contributed by atoms with Crippen LogP contribution in [0.25, 0.3) is 5.52 Å². The zero-order chi connectivity index (χ0) is 17.2. The van der Waals surface area contributed by atoms with Crippen molar-refractivity contribution in [2.75, 3.05) is 13.1 Å². The van der Waals surface area contributed by atoms with Gasteiger partial charge in [0.25, 0.3) is 0 Å². The van der Waals surface area contributed by atoms with Crippen LogP contribution in [0.15, 0.2) is 24.4 Å². The Labute approximate surface area is 148 Å². The Morgan fingerprint density at radius 3 is 2.72 bits per heavy atom. The predicted molar refractivity (Wildman–Crippen MR) is 96.3 cm³/mol. The molecule has 2 saturated carbocycles. The van der Waals surface area contributed by atoms with Crippen LogP contribution < -0.4 is 10.6 Å². The van der Waals surface area contributed by atoms with Gasteiger partial charge in [-0.05, 0) is 70.2 Å². The third-order valence-electron chi connectivity index (χ3n) is 6.27. The van der Waals surface area contributed by atoms with Crippen LogP contribution in [0.5, 0.6) is 0 Å². The fourth-order valence-corrected chi connectivity index (χ4v) is 4.78. The monoisotopic (exact) mass is 338 g/mol. The third-order valence-corrected chi connectivity index (χ3v) is 6.27. The first-order valence-electron chi connectivity index (χ1n) is 9.55. The Balaban J connectivity index is 1.45. The summed E-state index contributed by atoms with van der Waals surface area (Å²) < 4.78 is 2.16. The summed E-state index contributed by atoms with van der Waals surface area (Å²) in [6.45, 7) is 6.12. The van der Waals surface area contributed by atoms with Crippen molar-refractivity contribution in [3.8, 4) is 0 Å². The van der Waals surface area contributed by atoms with E-state index >= 15 is 0 Å². The predicted octanol–water partition coefficient (Wildman–Crippen LogP) is 2.42. The lowest BCUT2D eigenvalue weighted by Crippen LogP contribution is -2.60. The molecular formula is C20H26N4O. The molecule has 0 radical (unpaired) electrons. The molecule has 0 spiro atoms. The molecule has 2 aromatic rings. The Kier molecular flexibility index (Phi) is 3.26. The van der Waals surface area contributed by atoms with E-state index in [1.165, 1.54) is 30.5 Å². The summed E-state index contributed by atoms with van der Waals surface area (Å²) in [7, 11) is 0. The van der Waals surface area contributed by atoms with E-state index in [0.717, 1.165) is 18.9 Å². The molecule has 2 aromatic heterocycles. The zero-order valence-corrected chi connectivity index (χ0v) is 15.0. The molecule has 3 fully saturated rings. The lowest BCUT2D eigenvalue weighted by molar-refractivity contribution is -0.138. The van der Waals surface area contributed by atoms with Gasteiger partial charge in [-0.15, -0.1) is 0 Å². The van der Waals surface area contributed by atoms with Crippen molar-refractivity contribution in [3.63, 3.8) is 0 Å². The summed E-state index contributed by atoms with van der Waals surface area (Å²) in [5.74, 6) is 2.93. The summed E-state index contributed by atoms with van der Waals surface area (Å²) in [6, 6.07) is 6.25. The molecule has 5 rings (SSSR count). The molecule has 132 valence electrons. The largest absolute Gasteiger partial charge is 0.344 e. The molecule has 0 aromatic carbocycles. The van der Waals surface area contributed by atoms with Gasteiger partial charge in [0.15, 0.2) is 0 Å². The van der Waals surface area contributed by atoms with E-state index in [2.05, 4.69) is 47.2 Å². The van der Waals surface area contributed by atoms with E-state index in [0.29, 0.717) is 17.8 Å². The molecule has 1 saturated heterocycles. The second-order valence-electron chi connectivity index (χ2n) is 8.60. The second-order valence-corrected chi connectivity index (χ2v) is 8.60. The fraction of sp³-hybridized carbons (Fsp3) is 0.600. The molecule has 0 unspecified atom stereocenters. The highest BCUT2D eigenvalue weighted by molar-refractivity contribution is 5.81. The molecule has 2 N–H and O–H groups in total. The number of piperidine rings is 2. The summed E-state index contributed by atoms with van der Waals surface area (Å²) in [4.78, 5) is 17.9. The van der Waals surface area contributed by atoms with Crippen LogP contribution in [0.3, 0.4) is 0 Å². The van der Waals surface area contributed by atoms with Gasteiger partial charge in [-0.1, -0.05) is 6.07 Å². The first-order chi connectivity index (χ1) is 12.0. The highest BCUT2D eigenvalue weighted by Crippen LogP contribution is 2.44. The van der Waals surface area contributed by atoms with Crippen molar-refractivity contribution in [2.45, 2.75) is 44.6 Å². The van der Waals surface area contributed by atoms with E-state index in [1.807, 2.05) is 6.07 Å². The van der Waals surface area contributed by atoms with Crippen molar-refractivity contribution >= 4 is 11.4 Å². The first kappa shape index (κ1) is 15.4. The highest BCUT2D eigenvalue weighted by Gasteiger charge is 2.49. The quantitative estimate of drug-likeness (QED) is 0.900. The van der Waals surface area contributed by atoms with Crippen molar-refractivity contribution in [2.24, 2.45) is 17.8 Å². The molecule has 2 aliphatic carbocycles. The van der Waals surface area contributed by atoms with Gasteiger partial charge in [-0.25, -0.2) is 4.98 Å². The van der Waals surface area contributed by atoms with Crippen molar-refractivity contribution in [3.05, 3.63) is 35.9 Å². The van der Waals surface area contributed by atoms with Crippen LogP contribution in [0.1, 0.15) is 50.5 Å². The van der Waals surface area contributed by atoms with E-state index in [4.69, 9.17) is 4.98 Å². The smallest absolute Gasteiger partial charge is 0.224 e. The third kappa shape index (κ3) is 2.40. The number of aromatic nitrogens is 2. The average molecular weight is 338 g/mol. The number of nitrogens with one attached hydrogen (secondary N) is 2. The Hall–Kier alpha value is -1.88. The number of carbonyl (C=O) groups is 1. The zero-order valence-electron chi connectivity index (χ0n) is 15.0. The molecule has 3 heterocycles. The summed E-state index contributed by atoms with van der Waals surface area (Å²) >= 11 is 0. The van der Waals surface area contributed by atoms with Gasteiger partial charge in [-0.3, -0.25) is 4.79 Å². The van der Waals surface area contributed by atoms with E-state index < -0.39 is 5.54 Å². The number of fused-ring (bicyclic) bond motifs is 3. The normalized spacial score (nSPS) is 28.6. The number of nitrogens with zero attached hydrogens (tertiary/aromatic N) is 2. The Morgan fingerprint density at radius 2 is 2.04 bits per heavy atom. The van der Waals surface area contributed by atoms with E-state index in [1.54, 1.807) is 0 Å². The number of pyridine rings is 1. The molecule has 5 heteroatoms. The van der Waals surface area contributed by atoms with Gasteiger partial charge in [0.2, 0.25) is 5.91 Å². The van der Waals surface area contributed by atoms with Crippen molar-refractivity contribution < 1.29 is 4.79 Å². The van der Waals surface area contributed by atoms with Gasteiger partial charge in [0.1, 0.15) is 5.82 Å². The van der Waals surface area contributed by atoms with Gasteiger partial charge in [0.05, 0.1) is 16.7 Å². The van der Waals surface area contributed by atoms with Crippen molar-refractivity contribution in [1.29, 1.82) is 0 Å². The maximum atomic E-state index is 12.9. The standard InChI is InChI=1S/C20H26N4O/c1-20(2,23-18(25)16-13-9-14(16)11-21-10-13)19-22-17(12-6-7-12)15-5-3-4-8-24(15)19/h3-5,8,12-14,16,21H,6-7,9-11H2,1-2H3,(H,23,25)/t13-,14+,16+. The average Bonchev–Trinajstić information content (AvgIpc) is 3.34. The van der Waals surface area contributed by atoms with E-state index in [9.17, 15) is 4.79 Å². The molecule has 3 aliphatic rings. The maximum Gasteiger partial charge on any atom is 0.224 e. The lowest BCUT2D eigenvalue weighted by Gasteiger charge is -2.49. The number of carbonyl (C=O) groups excluding carboxylic acids is 1. The molecule has 1 aliphatic heterocycles. The lowest BCUT2D eigenvalue weighted by atomic mass is 9.61. The SMILES string of the molecule is CC(C)(NC(=O)[C@@H]1[C@@H]2CNC[C@H]1C2)c1nc(C2CC2)c2ccccn12. The molecule has 2 bridgehead atoms. The number of hydrogen-bond acceptors (Lipinski definition) is 3. The molecular weight excluding hydrogens is 312 g/mol. The molecule has 5 nitrogen and oxygen atoms in total. The minimum Gasteiger partial charge on any atom is -0.344 e. The van der Waals surface area contributed by atoms with Gasteiger partial charge < -0.3 is 15.0 Å². The second kappa shape index (κ2) is 5.31. The van der Waals surface area contributed by atoms with Crippen LogP contribution in [-0.2, 0) is 10.3 Å². The number of imidazole rings is 1. The van der Waals surface area contributed by atoms with Crippen molar-refractivity contribution in [1.82, 2.24) is 20.0 Å².